The molecular formula is C25H31N3O3. The summed E-state index contributed by atoms with van der Waals surface area (Å²) in [6.07, 6.45) is 3.34. The van der Waals surface area contributed by atoms with E-state index in [2.05, 4.69) is 41.9 Å². The third-order valence-corrected chi connectivity index (χ3v) is 5.90. The number of hydrogen-bond donors (Lipinski definition) is 1. The zero-order valence-corrected chi connectivity index (χ0v) is 18.4. The van der Waals surface area contributed by atoms with Crippen LogP contribution in [0.3, 0.4) is 0 Å². The van der Waals surface area contributed by atoms with Gasteiger partial charge in [-0.3, -0.25) is 4.79 Å². The van der Waals surface area contributed by atoms with Crippen LogP contribution in [-0.2, 0) is 22.6 Å². The van der Waals surface area contributed by atoms with Gasteiger partial charge in [-0.15, -0.1) is 0 Å². The summed E-state index contributed by atoms with van der Waals surface area (Å²) in [6, 6.07) is 14.3. The standard InChI is InChI=1S/C25H31N3O3/c1-18-11-12-20(16-19(18)2)30-14-6-5-13-28-22-9-4-3-8-21(22)27-24(28)17-26-25(29)23-10-7-15-31-23/h3-4,8-9,11-12,16,23H,5-7,10,13-15,17H2,1-2H3,(H,26,29). The van der Waals surface area contributed by atoms with Crippen molar-refractivity contribution in [1.29, 1.82) is 0 Å². The fraction of sp³-hybridized carbons (Fsp3) is 0.440. The first kappa shape index (κ1) is 21.4. The van der Waals surface area contributed by atoms with Crippen molar-refractivity contribution in [2.45, 2.75) is 58.7 Å². The number of nitrogens with one attached hydrogen (secondary N) is 1. The Hall–Kier alpha value is -2.86. The van der Waals surface area contributed by atoms with Crippen LogP contribution in [0.15, 0.2) is 42.5 Å². The van der Waals surface area contributed by atoms with Crippen molar-refractivity contribution < 1.29 is 14.3 Å². The Morgan fingerprint density at radius 1 is 1.19 bits per heavy atom. The van der Waals surface area contributed by atoms with E-state index in [0.29, 0.717) is 19.8 Å². The summed E-state index contributed by atoms with van der Waals surface area (Å²) in [5.41, 5.74) is 4.57. The average molecular weight is 422 g/mol. The summed E-state index contributed by atoms with van der Waals surface area (Å²) in [4.78, 5) is 17.1. The first-order valence-electron chi connectivity index (χ1n) is 11.2. The van der Waals surface area contributed by atoms with Crippen LogP contribution < -0.4 is 10.1 Å². The van der Waals surface area contributed by atoms with Gasteiger partial charge in [-0.25, -0.2) is 4.98 Å². The highest BCUT2D eigenvalue weighted by Crippen LogP contribution is 2.19. The topological polar surface area (TPSA) is 65.4 Å². The Balaban J connectivity index is 1.34. The number of carbonyl (C=O) groups excluding carboxylic acids is 1. The lowest BCUT2D eigenvalue weighted by molar-refractivity contribution is -0.130. The Kier molecular flexibility index (Phi) is 6.87. The van der Waals surface area contributed by atoms with Gasteiger partial charge in [-0.05, 0) is 74.9 Å². The molecule has 4 rings (SSSR count). The van der Waals surface area contributed by atoms with E-state index in [0.717, 1.165) is 54.8 Å². The molecule has 1 fully saturated rings. The van der Waals surface area contributed by atoms with Crippen molar-refractivity contribution in [3.05, 3.63) is 59.4 Å². The van der Waals surface area contributed by atoms with E-state index in [9.17, 15) is 4.79 Å². The maximum absolute atomic E-state index is 12.3. The van der Waals surface area contributed by atoms with E-state index in [1.807, 2.05) is 24.3 Å². The molecule has 0 aliphatic carbocycles. The van der Waals surface area contributed by atoms with Gasteiger partial charge in [0, 0.05) is 13.2 Å². The quantitative estimate of drug-likeness (QED) is 0.523. The number of aromatic nitrogens is 2. The largest absolute Gasteiger partial charge is 0.494 e. The molecule has 1 N–H and O–H groups in total. The molecule has 1 unspecified atom stereocenters. The molecule has 2 heterocycles. The summed E-state index contributed by atoms with van der Waals surface area (Å²) in [7, 11) is 0. The number of unbranched alkanes of at least 4 members (excludes halogenated alkanes) is 1. The molecule has 1 amide bonds. The lowest BCUT2D eigenvalue weighted by atomic mass is 10.1. The minimum Gasteiger partial charge on any atom is -0.494 e. The maximum Gasteiger partial charge on any atom is 0.249 e. The summed E-state index contributed by atoms with van der Waals surface area (Å²) in [6.45, 7) is 6.80. The monoisotopic (exact) mass is 421 g/mol. The summed E-state index contributed by atoms with van der Waals surface area (Å²) >= 11 is 0. The van der Waals surface area contributed by atoms with E-state index in [4.69, 9.17) is 14.5 Å². The normalized spacial score (nSPS) is 16.0. The summed E-state index contributed by atoms with van der Waals surface area (Å²) in [5, 5.41) is 3.00. The van der Waals surface area contributed by atoms with Gasteiger partial charge in [0.25, 0.3) is 0 Å². The van der Waals surface area contributed by atoms with Crippen molar-refractivity contribution in [1.82, 2.24) is 14.9 Å². The predicted molar refractivity (Wildman–Crippen MR) is 121 cm³/mol. The van der Waals surface area contributed by atoms with Gasteiger partial charge < -0.3 is 19.4 Å². The third-order valence-electron chi connectivity index (χ3n) is 5.90. The van der Waals surface area contributed by atoms with Gasteiger partial charge in [0.1, 0.15) is 17.7 Å². The molecule has 0 spiro atoms. The van der Waals surface area contributed by atoms with Crippen LogP contribution in [-0.4, -0.2) is 34.8 Å². The molecule has 1 saturated heterocycles. The Morgan fingerprint density at radius 2 is 2.06 bits per heavy atom. The summed E-state index contributed by atoms with van der Waals surface area (Å²) < 4.78 is 13.6. The minimum atomic E-state index is -0.319. The van der Waals surface area contributed by atoms with Crippen molar-refractivity contribution in [2.75, 3.05) is 13.2 Å². The van der Waals surface area contributed by atoms with E-state index in [1.54, 1.807) is 0 Å². The minimum absolute atomic E-state index is 0.0436. The van der Waals surface area contributed by atoms with Gasteiger partial charge in [-0.1, -0.05) is 18.2 Å². The number of aryl methyl sites for hydroxylation is 3. The molecule has 164 valence electrons. The number of benzene rings is 2. The molecule has 0 saturated carbocycles. The second kappa shape index (κ2) is 9.96. The van der Waals surface area contributed by atoms with E-state index >= 15 is 0 Å². The first-order valence-corrected chi connectivity index (χ1v) is 11.2. The SMILES string of the molecule is Cc1ccc(OCCCCn2c(CNC(=O)C3CCCO3)nc3ccccc32)cc1C. The number of amides is 1. The van der Waals surface area contributed by atoms with Crippen LogP contribution in [0.1, 0.15) is 42.6 Å². The van der Waals surface area contributed by atoms with Crippen LogP contribution in [0, 0.1) is 13.8 Å². The molecule has 1 aromatic heterocycles. The Morgan fingerprint density at radius 3 is 2.87 bits per heavy atom. The van der Waals surface area contributed by atoms with Crippen molar-refractivity contribution >= 4 is 16.9 Å². The molecule has 2 aromatic carbocycles. The number of imidazole rings is 1. The van der Waals surface area contributed by atoms with Crippen molar-refractivity contribution in [2.24, 2.45) is 0 Å². The zero-order valence-electron chi connectivity index (χ0n) is 18.4. The molecule has 31 heavy (non-hydrogen) atoms. The van der Waals surface area contributed by atoms with Crippen LogP contribution in [0.2, 0.25) is 0 Å². The van der Waals surface area contributed by atoms with Gasteiger partial charge in [0.15, 0.2) is 0 Å². The molecule has 0 radical (unpaired) electrons. The number of hydrogen-bond acceptors (Lipinski definition) is 4. The van der Waals surface area contributed by atoms with Gasteiger partial charge >= 0.3 is 0 Å². The van der Waals surface area contributed by atoms with E-state index < -0.39 is 0 Å². The Bertz CT molecular complexity index is 1040. The number of nitrogens with zero attached hydrogens (tertiary/aromatic N) is 2. The molecular weight excluding hydrogens is 390 g/mol. The highest BCUT2D eigenvalue weighted by atomic mass is 16.5. The fourth-order valence-electron chi connectivity index (χ4n) is 3.94. The molecule has 6 heteroatoms. The number of fused-ring (bicyclic) bond motifs is 1. The van der Waals surface area contributed by atoms with Crippen LogP contribution >= 0.6 is 0 Å². The number of rotatable bonds is 9. The summed E-state index contributed by atoms with van der Waals surface area (Å²) in [5.74, 6) is 1.76. The Labute approximate surface area is 183 Å². The molecule has 0 bridgehead atoms. The van der Waals surface area contributed by atoms with E-state index in [-0.39, 0.29) is 12.0 Å². The molecule has 1 aliphatic rings. The predicted octanol–water partition coefficient (Wildman–Crippen LogP) is 4.31. The maximum atomic E-state index is 12.3. The fourth-order valence-corrected chi connectivity index (χ4v) is 3.94. The second-order valence-corrected chi connectivity index (χ2v) is 8.19. The van der Waals surface area contributed by atoms with Crippen LogP contribution in [0.5, 0.6) is 5.75 Å². The smallest absolute Gasteiger partial charge is 0.249 e. The number of ether oxygens (including phenoxy) is 2. The molecule has 3 aromatic rings. The number of para-hydroxylation sites is 2. The van der Waals surface area contributed by atoms with Crippen molar-refractivity contribution in [3.8, 4) is 5.75 Å². The van der Waals surface area contributed by atoms with Crippen LogP contribution in [0.4, 0.5) is 0 Å². The molecule has 1 atom stereocenters. The first-order chi connectivity index (χ1) is 15.1. The lowest BCUT2D eigenvalue weighted by Crippen LogP contribution is -2.34. The second-order valence-electron chi connectivity index (χ2n) is 8.19. The highest BCUT2D eigenvalue weighted by Gasteiger charge is 2.23. The van der Waals surface area contributed by atoms with Gasteiger partial charge in [0.2, 0.25) is 5.91 Å². The average Bonchev–Trinajstić information content (AvgIpc) is 3.43. The third kappa shape index (κ3) is 5.25. The molecule has 1 aliphatic heterocycles. The van der Waals surface area contributed by atoms with E-state index in [1.165, 1.54) is 11.1 Å². The molecule has 6 nitrogen and oxygen atoms in total. The zero-order chi connectivity index (χ0) is 21.6. The van der Waals surface area contributed by atoms with Gasteiger partial charge in [0.05, 0.1) is 24.2 Å². The lowest BCUT2D eigenvalue weighted by Gasteiger charge is -2.13. The van der Waals surface area contributed by atoms with Gasteiger partial charge in [-0.2, -0.15) is 0 Å². The van der Waals surface area contributed by atoms with Crippen molar-refractivity contribution in [3.63, 3.8) is 0 Å². The number of carbonyl (C=O) groups is 1. The highest BCUT2D eigenvalue weighted by molar-refractivity contribution is 5.81. The van der Waals surface area contributed by atoms with Crippen LogP contribution in [0.25, 0.3) is 11.0 Å².